The van der Waals surface area contributed by atoms with Crippen LogP contribution in [0.5, 0.6) is 5.88 Å². The zero-order valence-corrected chi connectivity index (χ0v) is 12.5. The summed E-state index contributed by atoms with van der Waals surface area (Å²) >= 11 is 0. The molecule has 3 N–H and O–H groups in total. The van der Waals surface area contributed by atoms with Crippen LogP contribution < -0.4 is 15.8 Å². The highest BCUT2D eigenvalue weighted by Gasteiger charge is 2.22. The maximum Gasteiger partial charge on any atom is 0.239 e. The molecule has 2 heterocycles. The zero-order chi connectivity index (χ0) is 14.8. The number of anilines is 3. The molecule has 0 aliphatic heterocycles. The molecule has 1 aliphatic rings. The van der Waals surface area contributed by atoms with Crippen molar-refractivity contribution in [1.29, 1.82) is 0 Å². The van der Waals surface area contributed by atoms with Crippen molar-refractivity contribution in [3.05, 3.63) is 24.0 Å². The van der Waals surface area contributed by atoms with E-state index in [-0.39, 0.29) is 0 Å². The smallest absolute Gasteiger partial charge is 0.239 e. The van der Waals surface area contributed by atoms with Crippen LogP contribution in [0.25, 0.3) is 0 Å². The van der Waals surface area contributed by atoms with Gasteiger partial charge in [-0.15, -0.1) is 0 Å². The SMILES string of the molecule is CCc1nn(C)cc1Nc1ccc(N)c(OCC2CC2)n1. The number of aryl methyl sites for hydroxylation is 2. The molecule has 6 nitrogen and oxygen atoms in total. The summed E-state index contributed by atoms with van der Waals surface area (Å²) in [5, 5.41) is 7.69. The minimum absolute atomic E-state index is 0.508. The molecule has 2 aromatic rings. The number of nitrogens with two attached hydrogens (primary N) is 1. The van der Waals surface area contributed by atoms with E-state index < -0.39 is 0 Å². The fourth-order valence-electron chi connectivity index (χ4n) is 2.16. The lowest BCUT2D eigenvalue weighted by molar-refractivity contribution is 0.290. The van der Waals surface area contributed by atoms with E-state index in [0.717, 1.165) is 23.6 Å². The van der Waals surface area contributed by atoms with Crippen LogP contribution in [-0.4, -0.2) is 21.4 Å². The maximum atomic E-state index is 5.92. The number of rotatable bonds is 6. The third kappa shape index (κ3) is 3.26. The third-order valence-corrected chi connectivity index (χ3v) is 3.55. The van der Waals surface area contributed by atoms with E-state index in [1.54, 1.807) is 4.68 Å². The number of aromatic nitrogens is 3. The van der Waals surface area contributed by atoms with Crippen molar-refractivity contribution in [3.8, 4) is 5.88 Å². The molecular weight excluding hydrogens is 266 g/mol. The lowest BCUT2D eigenvalue weighted by Crippen LogP contribution is -2.05. The molecule has 0 spiro atoms. The monoisotopic (exact) mass is 287 g/mol. The first-order valence-electron chi connectivity index (χ1n) is 7.34. The Kier molecular flexibility index (Phi) is 3.68. The van der Waals surface area contributed by atoms with Crippen molar-refractivity contribution in [2.75, 3.05) is 17.7 Å². The van der Waals surface area contributed by atoms with Crippen LogP contribution in [0.2, 0.25) is 0 Å². The molecule has 1 saturated carbocycles. The molecule has 1 fully saturated rings. The molecule has 0 radical (unpaired) electrons. The average molecular weight is 287 g/mol. The van der Waals surface area contributed by atoms with E-state index in [4.69, 9.17) is 10.5 Å². The van der Waals surface area contributed by atoms with E-state index in [9.17, 15) is 0 Å². The lowest BCUT2D eigenvalue weighted by Gasteiger charge is -2.10. The summed E-state index contributed by atoms with van der Waals surface area (Å²) in [6.45, 7) is 2.78. The molecule has 0 atom stereocenters. The number of nitrogens with zero attached hydrogens (tertiary/aromatic N) is 3. The van der Waals surface area contributed by atoms with Crippen LogP contribution in [0, 0.1) is 5.92 Å². The summed E-state index contributed by atoms with van der Waals surface area (Å²) in [5.74, 6) is 1.90. The molecule has 112 valence electrons. The predicted octanol–water partition coefficient (Wildman–Crippen LogP) is 2.49. The Hall–Kier alpha value is -2.24. The second kappa shape index (κ2) is 5.63. The number of hydrogen-bond acceptors (Lipinski definition) is 5. The first kappa shape index (κ1) is 13.7. The van der Waals surface area contributed by atoms with Gasteiger partial charge in [-0.25, -0.2) is 0 Å². The normalized spacial score (nSPS) is 14.2. The van der Waals surface area contributed by atoms with Crippen LogP contribution in [0.3, 0.4) is 0 Å². The average Bonchev–Trinajstić information content (AvgIpc) is 3.22. The van der Waals surface area contributed by atoms with Gasteiger partial charge in [0.25, 0.3) is 0 Å². The third-order valence-electron chi connectivity index (χ3n) is 3.55. The Bertz CT molecular complexity index is 633. The van der Waals surface area contributed by atoms with Crippen LogP contribution in [0.1, 0.15) is 25.5 Å². The highest BCUT2D eigenvalue weighted by Crippen LogP contribution is 2.31. The predicted molar refractivity (Wildman–Crippen MR) is 82.7 cm³/mol. The van der Waals surface area contributed by atoms with Crippen LogP contribution in [-0.2, 0) is 13.5 Å². The van der Waals surface area contributed by atoms with Gasteiger partial charge in [-0.3, -0.25) is 4.68 Å². The van der Waals surface area contributed by atoms with Crippen molar-refractivity contribution >= 4 is 17.2 Å². The lowest BCUT2D eigenvalue weighted by atomic mass is 10.3. The molecule has 0 aromatic carbocycles. The van der Waals surface area contributed by atoms with Gasteiger partial charge >= 0.3 is 0 Å². The van der Waals surface area contributed by atoms with Gasteiger partial charge in [0, 0.05) is 13.2 Å². The van der Waals surface area contributed by atoms with E-state index in [0.29, 0.717) is 24.1 Å². The largest absolute Gasteiger partial charge is 0.476 e. The minimum Gasteiger partial charge on any atom is -0.476 e. The second-order valence-corrected chi connectivity index (χ2v) is 5.49. The Balaban J connectivity index is 1.76. The van der Waals surface area contributed by atoms with Gasteiger partial charge in [-0.2, -0.15) is 10.1 Å². The van der Waals surface area contributed by atoms with Gasteiger partial charge in [0.05, 0.1) is 23.7 Å². The molecule has 1 aliphatic carbocycles. The highest BCUT2D eigenvalue weighted by atomic mass is 16.5. The number of hydrogen-bond donors (Lipinski definition) is 2. The second-order valence-electron chi connectivity index (χ2n) is 5.49. The van der Waals surface area contributed by atoms with Crippen molar-refractivity contribution in [1.82, 2.24) is 14.8 Å². The minimum atomic E-state index is 0.508. The summed E-state index contributed by atoms with van der Waals surface area (Å²) in [7, 11) is 1.91. The van der Waals surface area contributed by atoms with Crippen molar-refractivity contribution in [2.45, 2.75) is 26.2 Å². The molecule has 6 heteroatoms. The van der Waals surface area contributed by atoms with Crippen LogP contribution >= 0.6 is 0 Å². The van der Waals surface area contributed by atoms with Crippen LogP contribution in [0.15, 0.2) is 18.3 Å². The van der Waals surface area contributed by atoms with Gasteiger partial charge in [-0.05, 0) is 37.3 Å². The van der Waals surface area contributed by atoms with E-state index in [1.165, 1.54) is 12.8 Å². The van der Waals surface area contributed by atoms with Crippen molar-refractivity contribution in [2.24, 2.45) is 13.0 Å². The molecule has 21 heavy (non-hydrogen) atoms. The molecule has 2 aromatic heterocycles. The van der Waals surface area contributed by atoms with E-state index >= 15 is 0 Å². The number of nitrogens with one attached hydrogen (secondary N) is 1. The van der Waals surface area contributed by atoms with Gasteiger partial charge in [0.15, 0.2) is 0 Å². The fraction of sp³-hybridized carbons (Fsp3) is 0.467. The molecule has 3 rings (SSSR count). The van der Waals surface area contributed by atoms with Gasteiger partial charge < -0.3 is 15.8 Å². The highest BCUT2D eigenvalue weighted by molar-refractivity contribution is 5.61. The number of nitrogen functional groups attached to an aromatic ring is 1. The zero-order valence-electron chi connectivity index (χ0n) is 12.5. The molecular formula is C15H21N5O. The quantitative estimate of drug-likeness (QED) is 0.853. The topological polar surface area (TPSA) is 78.0 Å². The number of pyridine rings is 1. The first-order chi connectivity index (χ1) is 10.2. The summed E-state index contributed by atoms with van der Waals surface area (Å²) in [6, 6.07) is 3.67. The molecule has 0 unspecified atom stereocenters. The number of ether oxygens (including phenoxy) is 1. The Morgan fingerprint density at radius 3 is 2.95 bits per heavy atom. The maximum absolute atomic E-state index is 5.92. The van der Waals surface area contributed by atoms with Gasteiger partial charge in [0.1, 0.15) is 5.82 Å². The van der Waals surface area contributed by atoms with Gasteiger partial charge in [-0.1, -0.05) is 6.92 Å². The van der Waals surface area contributed by atoms with E-state index in [2.05, 4.69) is 22.3 Å². The standard InChI is InChI=1S/C15H21N5O/c1-3-12-13(8-20(2)19-12)17-14-7-6-11(16)15(18-14)21-9-10-4-5-10/h6-8,10H,3-5,9,16H2,1-2H3,(H,17,18). The summed E-state index contributed by atoms with van der Waals surface area (Å²) in [5.41, 5.74) is 8.46. The molecule has 0 bridgehead atoms. The van der Waals surface area contributed by atoms with Gasteiger partial charge in [0.2, 0.25) is 5.88 Å². The van der Waals surface area contributed by atoms with Crippen molar-refractivity contribution < 1.29 is 4.74 Å². The summed E-state index contributed by atoms with van der Waals surface area (Å²) < 4.78 is 7.50. The molecule has 0 saturated heterocycles. The first-order valence-corrected chi connectivity index (χ1v) is 7.34. The van der Waals surface area contributed by atoms with Crippen LogP contribution in [0.4, 0.5) is 17.2 Å². The van der Waals surface area contributed by atoms with Crippen molar-refractivity contribution in [3.63, 3.8) is 0 Å². The van der Waals surface area contributed by atoms with E-state index in [1.807, 2.05) is 25.4 Å². The Morgan fingerprint density at radius 1 is 1.43 bits per heavy atom. The summed E-state index contributed by atoms with van der Waals surface area (Å²) in [4.78, 5) is 4.46. The Labute approximate surface area is 124 Å². The Morgan fingerprint density at radius 2 is 2.24 bits per heavy atom. The fourth-order valence-corrected chi connectivity index (χ4v) is 2.16. The summed E-state index contributed by atoms with van der Waals surface area (Å²) in [6.07, 6.45) is 5.30. The molecule has 0 amide bonds.